The number of nitrogens with two attached hydrogens (primary N) is 1. The van der Waals surface area contributed by atoms with E-state index in [1.165, 1.54) is 24.3 Å². The highest BCUT2D eigenvalue weighted by Gasteiger charge is 2.02. The molecule has 3 nitrogen and oxygen atoms in total. The van der Waals surface area contributed by atoms with Gasteiger partial charge < -0.3 is 11.1 Å². The van der Waals surface area contributed by atoms with E-state index in [1.54, 1.807) is 30.3 Å². The van der Waals surface area contributed by atoms with Gasteiger partial charge in [0.1, 0.15) is 5.82 Å². The molecule has 0 fully saturated rings. The maximum Gasteiger partial charge on any atom is 0.248 e. The van der Waals surface area contributed by atoms with Crippen molar-refractivity contribution in [3.05, 3.63) is 64.9 Å². The number of rotatable bonds is 3. The molecule has 3 N–H and O–H groups in total. The standard InChI is InChI=1S/C15H12ClFN2O/c16-11-7-12(17)9-14(8-11)19-15(20)6-3-10-1-4-13(18)5-2-10/h1-9H,18H2,(H,19,20)/b6-3+. The summed E-state index contributed by atoms with van der Waals surface area (Å²) in [6, 6.07) is 10.9. The summed E-state index contributed by atoms with van der Waals surface area (Å²) >= 11 is 5.70. The minimum Gasteiger partial charge on any atom is -0.399 e. The SMILES string of the molecule is Nc1ccc(/C=C/C(=O)Nc2cc(F)cc(Cl)c2)cc1. The summed E-state index contributed by atoms with van der Waals surface area (Å²) in [6.07, 6.45) is 2.99. The van der Waals surface area contributed by atoms with Crippen LogP contribution in [-0.4, -0.2) is 5.91 Å². The Morgan fingerprint density at radius 2 is 1.90 bits per heavy atom. The zero-order valence-corrected chi connectivity index (χ0v) is 11.2. The highest BCUT2D eigenvalue weighted by Crippen LogP contribution is 2.18. The molecule has 1 amide bonds. The Morgan fingerprint density at radius 1 is 1.20 bits per heavy atom. The lowest BCUT2D eigenvalue weighted by Crippen LogP contribution is -2.07. The van der Waals surface area contributed by atoms with E-state index in [2.05, 4.69) is 5.32 Å². The van der Waals surface area contributed by atoms with Gasteiger partial charge in [-0.3, -0.25) is 4.79 Å². The molecule has 0 unspecified atom stereocenters. The predicted molar refractivity (Wildman–Crippen MR) is 79.9 cm³/mol. The first-order valence-corrected chi connectivity index (χ1v) is 6.21. The number of carbonyl (C=O) groups excluding carboxylic acids is 1. The van der Waals surface area contributed by atoms with Gasteiger partial charge in [-0.2, -0.15) is 0 Å². The van der Waals surface area contributed by atoms with Gasteiger partial charge in [0.05, 0.1) is 0 Å². The maximum atomic E-state index is 13.1. The Morgan fingerprint density at radius 3 is 2.55 bits per heavy atom. The van der Waals surface area contributed by atoms with E-state index in [0.717, 1.165) is 5.56 Å². The fourth-order valence-corrected chi connectivity index (χ4v) is 1.81. The van der Waals surface area contributed by atoms with Crippen molar-refractivity contribution in [1.82, 2.24) is 0 Å². The molecule has 0 spiro atoms. The van der Waals surface area contributed by atoms with Crippen LogP contribution in [0.5, 0.6) is 0 Å². The van der Waals surface area contributed by atoms with Gasteiger partial charge in [-0.05, 0) is 42.0 Å². The quantitative estimate of drug-likeness (QED) is 0.669. The van der Waals surface area contributed by atoms with Crippen LogP contribution in [0.15, 0.2) is 48.5 Å². The monoisotopic (exact) mass is 290 g/mol. The van der Waals surface area contributed by atoms with E-state index in [4.69, 9.17) is 17.3 Å². The van der Waals surface area contributed by atoms with Gasteiger partial charge in [0.2, 0.25) is 5.91 Å². The molecule has 0 aliphatic carbocycles. The van der Waals surface area contributed by atoms with E-state index in [1.807, 2.05) is 0 Å². The number of anilines is 2. The second-order valence-electron chi connectivity index (χ2n) is 4.15. The summed E-state index contributed by atoms with van der Waals surface area (Å²) < 4.78 is 13.1. The molecule has 0 bridgehead atoms. The highest BCUT2D eigenvalue weighted by atomic mass is 35.5. The number of benzene rings is 2. The smallest absolute Gasteiger partial charge is 0.248 e. The molecular weight excluding hydrogens is 279 g/mol. The van der Waals surface area contributed by atoms with Crippen LogP contribution >= 0.6 is 11.6 Å². The van der Waals surface area contributed by atoms with Crippen molar-refractivity contribution in [3.8, 4) is 0 Å². The average Bonchev–Trinajstić information content (AvgIpc) is 2.37. The molecule has 0 aliphatic rings. The summed E-state index contributed by atoms with van der Waals surface area (Å²) in [5.41, 5.74) is 7.36. The van der Waals surface area contributed by atoms with Crippen LogP contribution < -0.4 is 11.1 Å². The normalized spacial score (nSPS) is 10.7. The third-order valence-corrected chi connectivity index (χ3v) is 2.71. The van der Waals surface area contributed by atoms with Crippen molar-refractivity contribution in [3.63, 3.8) is 0 Å². The fraction of sp³-hybridized carbons (Fsp3) is 0. The van der Waals surface area contributed by atoms with Crippen LogP contribution in [0.2, 0.25) is 5.02 Å². The van der Waals surface area contributed by atoms with Crippen molar-refractivity contribution in [2.24, 2.45) is 0 Å². The summed E-state index contributed by atoms with van der Waals surface area (Å²) in [7, 11) is 0. The Bertz CT molecular complexity index is 633. The van der Waals surface area contributed by atoms with E-state index in [9.17, 15) is 9.18 Å². The Hall–Kier alpha value is -2.33. The van der Waals surface area contributed by atoms with Crippen molar-refractivity contribution >= 4 is 35.0 Å². The lowest BCUT2D eigenvalue weighted by Gasteiger charge is -2.03. The number of carbonyl (C=O) groups is 1. The summed E-state index contributed by atoms with van der Waals surface area (Å²) in [4.78, 5) is 11.7. The van der Waals surface area contributed by atoms with E-state index < -0.39 is 5.82 Å². The molecule has 5 heteroatoms. The molecule has 0 saturated heterocycles. The fourth-order valence-electron chi connectivity index (χ4n) is 1.59. The Kier molecular flexibility index (Phi) is 4.38. The number of nitrogen functional groups attached to an aromatic ring is 1. The third-order valence-electron chi connectivity index (χ3n) is 2.49. The average molecular weight is 291 g/mol. The molecule has 0 saturated carbocycles. The summed E-state index contributed by atoms with van der Waals surface area (Å²) in [5, 5.41) is 2.76. The summed E-state index contributed by atoms with van der Waals surface area (Å²) in [5.74, 6) is -0.876. The van der Waals surface area contributed by atoms with Crippen LogP contribution in [0.25, 0.3) is 6.08 Å². The first-order chi connectivity index (χ1) is 9.52. The molecule has 2 rings (SSSR count). The van der Waals surface area contributed by atoms with Crippen LogP contribution in [0.1, 0.15) is 5.56 Å². The molecule has 0 aromatic heterocycles. The van der Waals surface area contributed by atoms with E-state index >= 15 is 0 Å². The second-order valence-corrected chi connectivity index (χ2v) is 4.58. The van der Waals surface area contributed by atoms with Crippen LogP contribution in [0.4, 0.5) is 15.8 Å². The van der Waals surface area contributed by atoms with Crippen molar-refractivity contribution in [2.45, 2.75) is 0 Å². The topological polar surface area (TPSA) is 55.1 Å². The van der Waals surface area contributed by atoms with Crippen molar-refractivity contribution in [2.75, 3.05) is 11.1 Å². The third kappa shape index (κ3) is 4.10. The van der Waals surface area contributed by atoms with Gasteiger partial charge in [-0.15, -0.1) is 0 Å². The van der Waals surface area contributed by atoms with Gasteiger partial charge >= 0.3 is 0 Å². The van der Waals surface area contributed by atoms with Gasteiger partial charge in [-0.1, -0.05) is 23.7 Å². The molecule has 2 aromatic rings. The van der Waals surface area contributed by atoms with Gasteiger partial charge in [-0.25, -0.2) is 4.39 Å². The Balaban J connectivity index is 2.03. The molecule has 0 heterocycles. The largest absolute Gasteiger partial charge is 0.399 e. The van der Waals surface area contributed by atoms with Gasteiger partial charge in [0.25, 0.3) is 0 Å². The highest BCUT2D eigenvalue weighted by molar-refractivity contribution is 6.31. The first kappa shape index (κ1) is 14.1. The molecule has 0 radical (unpaired) electrons. The summed E-state index contributed by atoms with van der Waals surface area (Å²) in [6.45, 7) is 0. The first-order valence-electron chi connectivity index (χ1n) is 5.83. The number of hydrogen-bond acceptors (Lipinski definition) is 2. The van der Waals surface area contributed by atoms with Crippen LogP contribution in [-0.2, 0) is 4.79 Å². The minimum atomic E-state index is -0.504. The zero-order chi connectivity index (χ0) is 14.5. The Labute approximate surface area is 120 Å². The van der Waals surface area contributed by atoms with Crippen LogP contribution in [0, 0.1) is 5.82 Å². The lowest BCUT2D eigenvalue weighted by molar-refractivity contribution is -0.111. The predicted octanol–water partition coefficient (Wildman–Crippen LogP) is 3.71. The van der Waals surface area contributed by atoms with Crippen LogP contribution in [0.3, 0.4) is 0 Å². The number of hydrogen-bond donors (Lipinski definition) is 2. The molecular formula is C15H12ClFN2O. The van der Waals surface area contributed by atoms with E-state index in [-0.39, 0.29) is 10.9 Å². The number of halogens is 2. The molecule has 0 aliphatic heterocycles. The second kappa shape index (κ2) is 6.21. The molecule has 2 aromatic carbocycles. The molecule has 102 valence electrons. The van der Waals surface area contributed by atoms with Gasteiger partial charge in [0.15, 0.2) is 0 Å². The van der Waals surface area contributed by atoms with E-state index in [0.29, 0.717) is 11.4 Å². The zero-order valence-electron chi connectivity index (χ0n) is 10.4. The van der Waals surface area contributed by atoms with Crippen molar-refractivity contribution < 1.29 is 9.18 Å². The maximum absolute atomic E-state index is 13.1. The van der Waals surface area contributed by atoms with Gasteiger partial charge in [0, 0.05) is 22.5 Å². The molecule has 20 heavy (non-hydrogen) atoms. The molecule has 0 atom stereocenters. The minimum absolute atomic E-state index is 0.225. The number of nitrogens with one attached hydrogen (secondary N) is 1. The van der Waals surface area contributed by atoms with Crippen molar-refractivity contribution in [1.29, 1.82) is 0 Å². The lowest BCUT2D eigenvalue weighted by atomic mass is 10.2. The number of amides is 1.